The van der Waals surface area contributed by atoms with Crippen molar-refractivity contribution in [2.75, 3.05) is 13.2 Å². The number of ether oxygens (including phenoxy) is 1. The molecule has 0 unspecified atom stereocenters. The third kappa shape index (κ3) is 4.33. The van der Waals surface area contributed by atoms with E-state index in [0.717, 1.165) is 31.5 Å². The van der Waals surface area contributed by atoms with E-state index in [1.807, 2.05) is 0 Å². The van der Waals surface area contributed by atoms with Gasteiger partial charge in [-0.05, 0) is 23.1 Å². The summed E-state index contributed by atoms with van der Waals surface area (Å²) in [5.74, 6) is -0.0465. The highest BCUT2D eigenvalue weighted by atomic mass is 16.5. The van der Waals surface area contributed by atoms with E-state index in [9.17, 15) is 4.79 Å². The maximum atomic E-state index is 11.6. The maximum absolute atomic E-state index is 11.6. The van der Waals surface area contributed by atoms with Gasteiger partial charge in [0.2, 0.25) is 5.91 Å². The van der Waals surface area contributed by atoms with Crippen LogP contribution in [0.3, 0.4) is 0 Å². The quantitative estimate of drug-likeness (QED) is 0.736. The highest BCUT2D eigenvalue weighted by molar-refractivity contribution is 5.77. The Labute approximate surface area is 114 Å². The first-order valence-corrected chi connectivity index (χ1v) is 6.95. The molecule has 0 bridgehead atoms. The lowest BCUT2D eigenvalue weighted by Crippen LogP contribution is -2.27. The van der Waals surface area contributed by atoms with Crippen LogP contribution in [0.1, 0.15) is 36.5 Å². The molecule has 1 aliphatic rings. The van der Waals surface area contributed by atoms with Crippen molar-refractivity contribution in [1.29, 1.82) is 0 Å². The minimum Gasteiger partial charge on any atom is -0.372 e. The number of unbranched alkanes of at least 4 members (excludes halogenated alkanes) is 1. The van der Waals surface area contributed by atoms with Crippen LogP contribution in [0, 0.1) is 0 Å². The lowest BCUT2D eigenvalue weighted by molar-refractivity contribution is -0.125. The standard InChI is InChI=1S/C15H22N2O2/c1-2-3-6-19-11-15(18)17-8-12-4-5-13-9-16-10-14(13)7-12/h4-5,7,16H,2-3,6,8-11H2,1H3,(H,17,18). The van der Waals surface area contributed by atoms with Crippen LogP contribution in [0.5, 0.6) is 0 Å². The smallest absolute Gasteiger partial charge is 0.246 e. The summed E-state index contributed by atoms with van der Waals surface area (Å²) in [6.45, 7) is 5.38. The minimum absolute atomic E-state index is 0.0465. The summed E-state index contributed by atoms with van der Waals surface area (Å²) in [4.78, 5) is 11.6. The normalized spacial score (nSPS) is 13.3. The Balaban J connectivity index is 1.71. The second-order valence-corrected chi connectivity index (χ2v) is 4.89. The number of amides is 1. The Morgan fingerprint density at radius 1 is 1.37 bits per heavy atom. The lowest BCUT2D eigenvalue weighted by Gasteiger charge is -2.07. The van der Waals surface area contributed by atoms with Gasteiger partial charge in [0.1, 0.15) is 6.61 Å². The minimum atomic E-state index is -0.0465. The van der Waals surface area contributed by atoms with E-state index in [-0.39, 0.29) is 12.5 Å². The molecular weight excluding hydrogens is 240 g/mol. The average molecular weight is 262 g/mol. The molecule has 2 rings (SSSR count). The van der Waals surface area contributed by atoms with Gasteiger partial charge in [0.15, 0.2) is 0 Å². The number of rotatable bonds is 7. The fraction of sp³-hybridized carbons (Fsp3) is 0.533. The Morgan fingerprint density at radius 2 is 2.21 bits per heavy atom. The van der Waals surface area contributed by atoms with Crippen LogP contribution in [0.2, 0.25) is 0 Å². The molecule has 0 aliphatic carbocycles. The van der Waals surface area contributed by atoms with Crippen molar-refractivity contribution in [3.63, 3.8) is 0 Å². The molecule has 104 valence electrons. The second-order valence-electron chi connectivity index (χ2n) is 4.89. The summed E-state index contributed by atoms with van der Waals surface area (Å²) in [6, 6.07) is 6.37. The van der Waals surface area contributed by atoms with Crippen molar-refractivity contribution in [2.45, 2.75) is 39.4 Å². The van der Waals surface area contributed by atoms with Gasteiger partial charge in [-0.15, -0.1) is 0 Å². The topological polar surface area (TPSA) is 50.4 Å². The molecule has 4 heteroatoms. The molecule has 1 heterocycles. The summed E-state index contributed by atoms with van der Waals surface area (Å²) in [5, 5.41) is 6.19. The summed E-state index contributed by atoms with van der Waals surface area (Å²) in [6.07, 6.45) is 2.09. The van der Waals surface area contributed by atoms with Crippen molar-refractivity contribution < 1.29 is 9.53 Å². The SMILES string of the molecule is CCCCOCC(=O)NCc1ccc2c(c1)CNC2. The van der Waals surface area contributed by atoms with E-state index in [4.69, 9.17) is 4.74 Å². The first-order valence-electron chi connectivity index (χ1n) is 6.95. The molecule has 0 fully saturated rings. The van der Waals surface area contributed by atoms with E-state index >= 15 is 0 Å². The molecule has 1 aromatic rings. The van der Waals surface area contributed by atoms with E-state index in [2.05, 4.69) is 35.8 Å². The van der Waals surface area contributed by atoms with Gasteiger partial charge in [-0.2, -0.15) is 0 Å². The fourth-order valence-corrected chi connectivity index (χ4v) is 2.12. The summed E-state index contributed by atoms with van der Waals surface area (Å²) >= 11 is 0. The summed E-state index contributed by atoms with van der Waals surface area (Å²) in [5.41, 5.74) is 3.84. The third-order valence-electron chi connectivity index (χ3n) is 3.27. The van der Waals surface area contributed by atoms with Gasteiger partial charge >= 0.3 is 0 Å². The van der Waals surface area contributed by atoms with Gasteiger partial charge < -0.3 is 15.4 Å². The highest BCUT2D eigenvalue weighted by Crippen LogP contribution is 2.16. The van der Waals surface area contributed by atoms with E-state index in [0.29, 0.717) is 13.2 Å². The molecule has 4 nitrogen and oxygen atoms in total. The average Bonchev–Trinajstić information content (AvgIpc) is 2.89. The predicted octanol–water partition coefficient (Wildman–Crippen LogP) is 1.72. The molecule has 0 spiro atoms. The molecule has 1 aromatic carbocycles. The van der Waals surface area contributed by atoms with E-state index < -0.39 is 0 Å². The van der Waals surface area contributed by atoms with E-state index in [1.165, 1.54) is 11.1 Å². The Bertz CT molecular complexity index is 432. The zero-order valence-electron chi connectivity index (χ0n) is 11.5. The molecule has 1 aliphatic heterocycles. The zero-order valence-corrected chi connectivity index (χ0v) is 11.5. The fourth-order valence-electron chi connectivity index (χ4n) is 2.12. The number of fused-ring (bicyclic) bond motifs is 1. The van der Waals surface area contributed by atoms with Crippen LogP contribution in [0.15, 0.2) is 18.2 Å². The molecule has 2 N–H and O–H groups in total. The first kappa shape index (κ1) is 14.0. The number of benzene rings is 1. The van der Waals surface area contributed by atoms with Gasteiger partial charge in [0.05, 0.1) is 0 Å². The molecule has 1 amide bonds. The van der Waals surface area contributed by atoms with Crippen molar-refractivity contribution >= 4 is 5.91 Å². The molecule has 0 radical (unpaired) electrons. The van der Waals surface area contributed by atoms with Crippen LogP contribution < -0.4 is 10.6 Å². The Kier molecular flexibility index (Phi) is 5.36. The van der Waals surface area contributed by atoms with Gasteiger partial charge in [-0.1, -0.05) is 31.5 Å². The van der Waals surface area contributed by atoms with Crippen LogP contribution in [0.25, 0.3) is 0 Å². The van der Waals surface area contributed by atoms with Crippen molar-refractivity contribution in [1.82, 2.24) is 10.6 Å². The molecular formula is C15H22N2O2. The number of carbonyl (C=O) groups is 1. The van der Waals surface area contributed by atoms with Gasteiger partial charge in [-0.25, -0.2) is 0 Å². The zero-order chi connectivity index (χ0) is 13.5. The predicted molar refractivity (Wildman–Crippen MR) is 74.6 cm³/mol. The maximum Gasteiger partial charge on any atom is 0.246 e. The van der Waals surface area contributed by atoms with Crippen molar-refractivity contribution in [2.24, 2.45) is 0 Å². The van der Waals surface area contributed by atoms with Crippen LogP contribution in [-0.4, -0.2) is 19.1 Å². The van der Waals surface area contributed by atoms with Gasteiger partial charge in [0.25, 0.3) is 0 Å². The van der Waals surface area contributed by atoms with E-state index in [1.54, 1.807) is 0 Å². The number of carbonyl (C=O) groups excluding carboxylic acids is 1. The first-order chi connectivity index (χ1) is 9.29. The second kappa shape index (κ2) is 7.26. The lowest BCUT2D eigenvalue weighted by atomic mass is 10.1. The van der Waals surface area contributed by atoms with Crippen LogP contribution in [0.4, 0.5) is 0 Å². The summed E-state index contributed by atoms with van der Waals surface area (Å²) < 4.78 is 5.28. The number of hydrogen-bond acceptors (Lipinski definition) is 3. The Hall–Kier alpha value is -1.39. The molecule has 0 saturated carbocycles. The summed E-state index contributed by atoms with van der Waals surface area (Å²) in [7, 11) is 0. The number of nitrogens with one attached hydrogen (secondary N) is 2. The van der Waals surface area contributed by atoms with Crippen molar-refractivity contribution in [3.8, 4) is 0 Å². The largest absolute Gasteiger partial charge is 0.372 e. The molecule has 19 heavy (non-hydrogen) atoms. The van der Waals surface area contributed by atoms with Gasteiger partial charge in [-0.3, -0.25) is 4.79 Å². The Morgan fingerprint density at radius 3 is 3.05 bits per heavy atom. The molecule has 0 aromatic heterocycles. The molecule has 0 atom stereocenters. The van der Waals surface area contributed by atoms with Gasteiger partial charge in [0, 0.05) is 26.2 Å². The van der Waals surface area contributed by atoms with Crippen LogP contribution in [-0.2, 0) is 29.2 Å². The monoisotopic (exact) mass is 262 g/mol. The third-order valence-corrected chi connectivity index (χ3v) is 3.27. The highest BCUT2D eigenvalue weighted by Gasteiger charge is 2.10. The van der Waals surface area contributed by atoms with Crippen molar-refractivity contribution in [3.05, 3.63) is 34.9 Å². The number of hydrogen-bond donors (Lipinski definition) is 2. The molecule has 0 saturated heterocycles. The van der Waals surface area contributed by atoms with Crippen LogP contribution >= 0.6 is 0 Å².